The quantitative estimate of drug-likeness (QED) is 0.877. The van der Waals surface area contributed by atoms with E-state index >= 15 is 0 Å². The molecule has 0 aliphatic carbocycles. The number of nitrogens with zero attached hydrogens (tertiary/aromatic N) is 3. The Bertz CT molecular complexity index is 648. The molecule has 0 fully saturated rings. The zero-order valence-electron chi connectivity index (χ0n) is 10.1. The second-order valence-corrected chi connectivity index (χ2v) is 4.38. The van der Waals surface area contributed by atoms with Crippen molar-refractivity contribution in [2.75, 3.05) is 0 Å². The highest BCUT2D eigenvalue weighted by Crippen LogP contribution is 2.15. The average molecular weight is 247 g/mol. The molecule has 0 saturated heterocycles. The molecule has 0 spiro atoms. The van der Waals surface area contributed by atoms with Crippen LogP contribution in [0.4, 0.5) is 0 Å². The summed E-state index contributed by atoms with van der Waals surface area (Å²) in [7, 11) is 0. The van der Waals surface area contributed by atoms with Crippen molar-refractivity contribution in [1.82, 2.24) is 15.0 Å². The summed E-state index contributed by atoms with van der Waals surface area (Å²) in [5.41, 5.74) is 0.0355. The molecule has 2 aromatic rings. The summed E-state index contributed by atoms with van der Waals surface area (Å²) in [6.45, 7) is 3.45. The summed E-state index contributed by atoms with van der Waals surface area (Å²) in [6.07, 6.45) is 0. The molecule has 94 valence electrons. The van der Waals surface area contributed by atoms with E-state index in [1.54, 1.807) is 38.1 Å². The number of carboxylic acid groups (broad SMARTS) is 1. The first-order chi connectivity index (χ1) is 8.52. The van der Waals surface area contributed by atoms with Gasteiger partial charge in [0.15, 0.2) is 6.04 Å². The molecule has 6 heteroatoms. The van der Waals surface area contributed by atoms with E-state index in [-0.39, 0.29) is 5.92 Å². The van der Waals surface area contributed by atoms with Gasteiger partial charge in [0.1, 0.15) is 5.52 Å². The normalized spacial score (nSPS) is 12.8. The first-order valence-electron chi connectivity index (χ1n) is 5.59. The lowest BCUT2D eigenvalue weighted by atomic mass is 10.1. The molecule has 0 aliphatic heterocycles. The maximum Gasteiger partial charge on any atom is 0.328 e. The Morgan fingerprint density at radius 3 is 2.61 bits per heavy atom. The van der Waals surface area contributed by atoms with Crippen LogP contribution in [0.5, 0.6) is 0 Å². The molecule has 18 heavy (non-hydrogen) atoms. The first kappa shape index (κ1) is 12.2. The van der Waals surface area contributed by atoms with Crippen LogP contribution in [0.15, 0.2) is 29.1 Å². The van der Waals surface area contributed by atoms with Crippen LogP contribution >= 0.6 is 0 Å². The average Bonchev–Trinajstić information content (AvgIpc) is 2.32. The fraction of sp³-hybridized carbons (Fsp3) is 0.333. The monoisotopic (exact) mass is 247 g/mol. The van der Waals surface area contributed by atoms with E-state index in [1.807, 2.05) is 0 Å². The van der Waals surface area contributed by atoms with E-state index in [9.17, 15) is 9.59 Å². The van der Waals surface area contributed by atoms with Gasteiger partial charge in [0.05, 0.1) is 5.39 Å². The van der Waals surface area contributed by atoms with Crippen LogP contribution in [0.3, 0.4) is 0 Å². The standard InChI is InChI=1S/C12H13N3O3/c1-7(2)10(12(17)18)15-11(16)8-5-3-4-6-9(8)13-14-15/h3-7,10H,1-2H3,(H,17,18)/t10-/m1/s1. The van der Waals surface area contributed by atoms with Crippen molar-refractivity contribution in [1.29, 1.82) is 0 Å². The zero-order valence-corrected chi connectivity index (χ0v) is 10.1. The van der Waals surface area contributed by atoms with Gasteiger partial charge in [0, 0.05) is 0 Å². The van der Waals surface area contributed by atoms with Crippen molar-refractivity contribution in [3.05, 3.63) is 34.6 Å². The van der Waals surface area contributed by atoms with Crippen molar-refractivity contribution in [2.24, 2.45) is 5.92 Å². The lowest BCUT2D eigenvalue weighted by Crippen LogP contribution is -2.35. The highest BCUT2D eigenvalue weighted by molar-refractivity contribution is 5.77. The van der Waals surface area contributed by atoms with Gasteiger partial charge in [-0.2, -0.15) is 4.68 Å². The number of carbonyl (C=O) groups is 1. The van der Waals surface area contributed by atoms with Gasteiger partial charge in [0.2, 0.25) is 0 Å². The van der Waals surface area contributed by atoms with Crippen molar-refractivity contribution in [2.45, 2.75) is 19.9 Å². The molecule has 0 unspecified atom stereocenters. The number of rotatable bonds is 3. The first-order valence-corrected chi connectivity index (χ1v) is 5.59. The summed E-state index contributed by atoms with van der Waals surface area (Å²) in [5.74, 6) is -1.34. The highest BCUT2D eigenvalue weighted by atomic mass is 16.4. The number of carboxylic acids is 1. The second-order valence-electron chi connectivity index (χ2n) is 4.38. The van der Waals surface area contributed by atoms with E-state index in [0.717, 1.165) is 4.68 Å². The predicted molar refractivity (Wildman–Crippen MR) is 65.3 cm³/mol. The topological polar surface area (TPSA) is 85.1 Å². The smallest absolute Gasteiger partial charge is 0.328 e. The lowest BCUT2D eigenvalue weighted by molar-refractivity contribution is -0.142. The third-order valence-electron chi connectivity index (χ3n) is 2.74. The molecule has 1 N–H and O–H groups in total. The Labute approximate surface area is 103 Å². The zero-order chi connectivity index (χ0) is 13.3. The van der Waals surface area contributed by atoms with Crippen molar-refractivity contribution < 1.29 is 9.90 Å². The van der Waals surface area contributed by atoms with Crippen LogP contribution in [-0.4, -0.2) is 26.1 Å². The third kappa shape index (κ3) is 1.97. The van der Waals surface area contributed by atoms with Crippen LogP contribution in [0.1, 0.15) is 19.9 Å². The Morgan fingerprint density at radius 1 is 1.33 bits per heavy atom. The second kappa shape index (κ2) is 4.56. The summed E-state index contributed by atoms with van der Waals surface area (Å²) < 4.78 is 0.940. The number of fused-ring (bicyclic) bond motifs is 1. The third-order valence-corrected chi connectivity index (χ3v) is 2.74. The van der Waals surface area contributed by atoms with Gasteiger partial charge < -0.3 is 5.11 Å². The highest BCUT2D eigenvalue weighted by Gasteiger charge is 2.26. The van der Waals surface area contributed by atoms with Gasteiger partial charge in [0.25, 0.3) is 5.56 Å². The Balaban J connectivity index is 2.68. The maximum atomic E-state index is 12.2. The van der Waals surface area contributed by atoms with E-state index in [0.29, 0.717) is 10.9 Å². The summed E-state index contributed by atoms with van der Waals surface area (Å²) in [5, 5.41) is 17.1. The van der Waals surface area contributed by atoms with Crippen LogP contribution in [-0.2, 0) is 4.79 Å². The number of hydrogen-bond donors (Lipinski definition) is 1. The fourth-order valence-electron chi connectivity index (χ4n) is 1.86. The molecule has 0 saturated carbocycles. The van der Waals surface area contributed by atoms with E-state index < -0.39 is 17.6 Å². The minimum atomic E-state index is -1.09. The Kier molecular flexibility index (Phi) is 3.10. The summed E-state index contributed by atoms with van der Waals surface area (Å²) >= 11 is 0. The Hall–Kier alpha value is -2.24. The van der Waals surface area contributed by atoms with Crippen molar-refractivity contribution in [3.63, 3.8) is 0 Å². The molecule has 0 bridgehead atoms. The van der Waals surface area contributed by atoms with Crippen LogP contribution in [0.2, 0.25) is 0 Å². The molecule has 1 aromatic heterocycles. The lowest BCUT2D eigenvalue weighted by Gasteiger charge is -2.17. The van der Waals surface area contributed by atoms with Gasteiger partial charge in [-0.05, 0) is 18.1 Å². The summed E-state index contributed by atoms with van der Waals surface area (Å²) in [4.78, 5) is 23.4. The van der Waals surface area contributed by atoms with E-state index in [4.69, 9.17) is 5.11 Å². The van der Waals surface area contributed by atoms with Gasteiger partial charge in [-0.3, -0.25) is 4.79 Å². The number of benzene rings is 1. The number of aromatic nitrogens is 3. The molecule has 2 rings (SSSR count). The predicted octanol–water partition coefficient (Wildman–Crippen LogP) is 1.07. The minimum Gasteiger partial charge on any atom is -0.480 e. The SMILES string of the molecule is CC(C)[C@H](C(=O)O)n1nnc2ccccc2c1=O. The molecular formula is C12H13N3O3. The maximum absolute atomic E-state index is 12.2. The van der Waals surface area contributed by atoms with Crippen molar-refractivity contribution in [3.8, 4) is 0 Å². The fourth-order valence-corrected chi connectivity index (χ4v) is 1.86. The molecule has 0 aliphatic rings. The minimum absolute atomic E-state index is 0.254. The largest absolute Gasteiger partial charge is 0.480 e. The van der Waals surface area contributed by atoms with Crippen molar-refractivity contribution >= 4 is 16.9 Å². The van der Waals surface area contributed by atoms with Crippen LogP contribution < -0.4 is 5.56 Å². The molecular weight excluding hydrogens is 234 g/mol. The molecule has 6 nitrogen and oxygen atoms in total. The van der Waals surface area contributed by atoms with Gasteiger partial charge in [-0.15, -0.1) is 5.10 Å². The number of hydrogen-bond acceptors (Lipinski definition) is 4. The van der Waals surface area contributed by atoms with Crippen LogP contribution in [0.25, 0.3) is 10.9 Å². The van der Waals surface area contributed by atoms with E-state index in [1.165, 1.54) is 0 Å². The summed E-state index contributed by atoms with van der Waals surface area (Å²) in [6, 6.07) is 5.73. The van der Waals surface area contributed by atoms with Gasteiger partial charge in [-0.1, -0.05) is 31.2 Å². The molecule has 1 atom stereocenters. The van der Waals surface area contributed by atoms with E-state index in [2.05, 4.69) is 10.3 Å². The Morgan fingerprint density at radius 2 is 2.00 bits per heavy atom. The van der Waals surface area contributed by atoms with Gasteiger partial charge >= 0.3 is 5.97 Å². The number of aliphatic carboxylic acids is 1. The van der Waals surface area contributed by atoms with Gasteiger partial charge in [-0.25, -0.2) is 4.79 Å². The molecule has 0 radical (unpaired) electrons. The molecule has 1 heterocycles. The molecule has 0 amide bonds. The molecule has 1 aromatic carbocycles. The van der Waals surface area contributed by atoms with Crippen LogP contribution in [0, 0.1) is 5.92 Å².